The summed E-state index contributed by atoms with van der Waals surface area (Å²) in [6.07, 6.45) is 0.887. The van der Waals surface area contributed by atoms with Crippen molar-refractivity contribution >= 4 is 35.8 Å². The van der Waals surface area contributed by atoms with Crippen LogP contribution in [0.5, 0.6) is 0 Å². The van der Waals surface area contributed by atoms with Crippen LogP contribution in [0.15, 0.2) is 47.5 Å². The van der Waals surface area contributed by atoms with E-state index in [1.807, 2.05) is 51.1 Å². The monoisotopic (exact) mass is 526 g/mol. The Bertz CT molecular complexity index is 872. The fraction of sp³-hybridized carbons (Fsp3) is 0.391. The van der Waals surface area contributed by atoms with Gasteiger partial charge in [-0.2, -0.15) is 0 Å². The summed E-state index contributed by atoms with van der Waals surface area (Å²) >= 11 is 0. The average Bonchev–Trinajstić information content (AvgIpc) is 2.72. The number of nitrogens with zero attached hydrogens (tertiary/aromatic N) is 1. The molecule has 0 aliphatic rings. The Morgan fingerprint density at radius 2 is 1.87 bits per heavy atom. The minimum atomic E-state index is -0.216. The number of hydrogen-bond donors (Lipinski definition) is 3. The lowest BCUT2D eigenvalue weighted by molar-refractivity contribution is 0.0939. The quantitative estimate of drug-likeness (QED) is 0.278. The molecule has 0 spiro atoms. The molecule has 7 heteroatoms. The largest absolute Gasteiger partial charge is 0.352 e. The second-order valence-corrected chi connectivity index (χ2v) is 7.28. The molecular weight excluding hydrogens is 494 g/mol. The number of nitrogens with one attached hydrogen (secondary N) is 3. The number of amides is 1. The number of aliphatic imine (C=N–C) groups is 1. The molecule has 0 saturated carbocycles. The highest BCUT2D eigenvalue weighted by Crippen LogP contribution is 2.16. The Labute approximate surface area is 196 Å². The molecule has 3 N–H and O–H groups in total. The van der Waals surface area contributed by atoms with E-state index in [2.05, 4.69) is 20.9 Å². The van der Waals surface area contributed by atoms with Gasteiger partial charge in [-0.3, -0.25) is 9.79 Å². The van der Waals surface area contributed by atoms with Gasteiger partial charge in [-0.05, 0) is 62.1 Å². The molecule has 2 atom stereocenters. The lowest BCUT2D eigenvalue weighted by Gasteiger charge is -2.19. The molecule has 30 heavy (non-hydrogen) atoms. The van der Waals surface area contributed by atoms with E-state index in [0.29, 0.717) is 23.6 Å². The second kappa shape index (κ2) is 12.5. The molecule has 0 heterocycles. The summed E-state index contributed by atoms with van der Waals surface area (Å²) < 4.78 is 13.8. The average molecular weight is 526 g/mol. The number of carbonyl (C=O) groups excluding carboxylic acids is 1. The van der Waals surface area contributed by atoms with Crippen LogP contribution in [-0.2, 0) is 6.54 Å². The Morgan fingerprint density at radius 3 is 2.50 bits per heavy atom. The van der Waals surface area contributed by atoms with Crippen LogP contribution < -0.4 is 16.0 Å². The molecule has 0 aliphatic carbocycles. The van der Waals surface area contributed by atoms with E-state index in [1.165, 1.54) is 0 Å². The number of halogens is 2. The number of hydrogen-bond acceptors (Lipinski definition) is 2. The van der Waals surface area contributed by atoms with Crippen LogP contribution in [0.2, 0.25) is 0 Å². The number of carbonyl (C=O) groups is 1. The molecule has 0 saturated heterocycles. The Kier molecular flexibility index (Phi) is 10.8. The first kappa shape index (κ1) is 25.9. The molecule has 2 rings (SSSR count). The third-order valence-electron chi connectivity index (χ3n) is 4.91. The number of aryl methyl sites for hydroxylation is 1. The molecule has 164 valence electrons. The zero-order valence-corrected chi connectivity index (χ0v) is 20.6. The van der Waals surface area contributed by atoms with Gasteiger partial charge < -0.3 is 16.0 Å². The van der Waals surface area contributed by atoms with Crippen molar-refractivity contribution in [2.45, 2.75) is 52.7 Å². The lowest BCUT2D eigenvalue weighted by Crippen LogP contribution is -2.38. The normalized spacial score (nSPS) is 13.1. The highest BCUT2D eigenvalue weighted by atomic mass is 127. The van der Waals surface area contributed by atoms with Crippen molar-refractivity contribution in [1.29, 1.82) is 0 Å². The molecule has 2 aromatic carbocycles. The Hall–Kier alpha value is -2.16. The summed E-state index contributed by atoms with van der Waals surface area (Å²) in [6.45, 7) is 8.24. The van der Waals surface area contributed by atoms with Gasteiger partial charge in [0.25, 0.3) is 5.91 Å². The van der Waals surface area contributed by atoms with E-state index in [4.69, 9.17) is 0 Å². The van der Waals surface area contributed by atoms with E-state index < -0.39 is 0 Å². The molecule has 0 radical (unpaired) electrons. The summed E-state index contributed by atoms with van der Waals surface area (Å²) in [7, 11) is 1.69. The molecule has 0 fully saturated rings. The van der Waals surface area contributed by atoms with Crippen LogP contribution in [0.1, 0.15) is 60.3 Å². The minimum absolute atomic E-state index is 0. The topological polar surface area (TPSA) is 65.5 Å². The van der Waals surface area contributed by atoms with Crippen molar-refractivity contribution in [3.63, 3.8) is 0 Å². The fourth-order valence-electron chi connectivity index (χ4n) is 2.78. The molecule has 5 nitrogen and oxygen atoms in total. The minimum Gasteiger partial charge on any atom is -0.352 e. The summed E-state index contributed by atoms with van der Waals surface area (Å²) in [5.74, 6) is 0.318. The smallest absolute Gasteiger partial charge is 0.251 e. The van der Waals surface area contributed by atoms with Crippen LogP contribution in [0, 0.1) is 12.7 Å². The maximum Gasteiger partial charge on any atom is 0.251 e. The van der Waals surface area contributed by atoms with Gasteiger partial charge in [-0.15, -0.1) is 24.0 Å². The van der Waals surface area contributed by atoms with E-state index in [9.17, 15) is 9.18 Å². The first-order chi connectivity index (χ1) is 13.8. The van der Waals surface area contributed by atoms with Crippen molar-refractivity contribution in [1.82, 2.24) is 16.0 Å². The third-order valence-corrected chi connectivity index (χ3v) is 4.91. The molecule has 0 aromatic heterocycles. The zero-order valence-electron chi connectivity index (χ0n) is 18.3. The van der Waals surface area contributed by atoms with Crippen LogP contribution in [0.25, 0.3) is 0 Å². The molecular formula is C23H32FIN4O. The van der Waals surface area contributed by atoms with Crippen LogP contribution >= 0.6 is 24.0 Å². The lowest BCUT2D eigenvalue weighted by atomic mass is 10.1. The standard InChI is InChI=1S/C23H31FN4O.HI/c1-6-16(3)27-22(29)20-9-7-8-18(12-20)14-26-23(25-5)28-17(4)19-11-10-15(2)21(24)13-19;/h7-13,16-17H,6,14H2,1-5H3,(H,27,29)(H2,25,26,28);1H. The second-order valence-electron chi connectivity index (χ2n) is 7.28. The third kappa shape index (κ3) is 7.59. The van der Waals surface area contributed by atoms with E-state index in [-0.39, 0.29) is 47.8 Å². The van der Waals surface area contributed by atoms with Gasteiger partial charge in [-0.25, -0.2) is 4.39 Å². The number of guanidine groups is 1. The summed E-state index contributed by atoms with van der Waals surface area (Å²) in [5, 5.41) is 9.48. The predicted octanol–water partition coefficient (Wildman–Crippen LogP) is 4.71. The van der Waals surface area contributed by atoms with Crippen LogP contribution in [-0.4, -0.2) is 25.0 Å². The number of benzene rings is 2. The Morgan fingerprint density at radius 1 is 1.13 bits per heavy atom. The van der Waals surface area contributed by atoms with Crippen LogP contribution in [0.3, 0.4) is 0 Å². The summed E-state index contributed by atoms with van der Waals surface area (Å²) in [5.41, 5.74) is 3.08. The van der Waals surface area contributed by atoms with Crippen LogP contribution in [0.4, 0.5) is 4.39 Å². The van der Waals surface area contributed by atoms with Gasteiger partial charge in [0.15, 0.2) is 5.96 Å². The molecule has 0 aliphatic heterocycles. The highest BCUT2D eigenvalue weighted by molar-refractivity contribution is 14.0. The first-order valence-electron chi connectivity index (χ1n) is 9.97. The SMILES string of the molecule is CCC(C)NC(=O)c1cccc(CNC(=NC)NC(C)c2ccc(C)c(F)c2)c1.I. The fourth-order valence-corrected chi connectivity index (χ4v) is 2.78. The van der Waals surface area contributed by atoms with Crippen molar-refractivity contribution in [3.8, 4) is 0 Å². The van der Waals surface area contributed by atoms with Crippen molar-refractivity contribution in [3.05, 3.63) is 70.5 Å². The Balaban J connectivity index is 0.00000450. The van der Waals surface area contributed by atoms with E-state index in [0.717, 1.165) is 17.5 Å². The maximum absolute atomic E-state index is 13.8. The van der Waals surface area contributed by atoms with Gasteiger partial charge in [0.1, 0.15) is 5.82 Å². The summed E-state index contributed by atoms with van der Waals surface area (Å²) in [4.78, 5) is 16.6. The molecule has 2 aromatic rings. The predicted molar refractivity (Wildman–Crippen MR) is 132 cm³/mol. The molecule has 1 amide bonds. The van der Waals surface area contributed by atoms with Crippen molar-refractivity contribution in [2.75, 3.05) is 7.05 Å². The summed E-state index contributed by atoms with van der Waals surface area (Å²) in [6, 6.07) is 12.8. The van der Waals surface area contributed by atoms with E-state index >= 15 is 0 Å². The van der Waals surface area contributed by atoms with E-state index in [1.54, 1.807) is 26.1 Å². The van der Waals surface area contributed by atoms with Gasteiger partial charge in [0, 0.05) is 25.2 Å². The van der Waals surface area contributed by atoms with Gasteiger partial charge >= 0.3 is 0 Å². The van der Waals surface area contributed by atoms with Crippen molar-refractivity contribution < 1.29 is 9.18 Å². The molecule has 2 unspecified atom stereocenters. The molecule has 0 bridgehead atoms. The first-order valence-corrected chi connectivity index (χ1v) is 9.97. The van der Waals surface area contributed by atoms with Crippen molar-refractivity contribution in [2.24, 2.45) is 4.99 Å². The maximum atomic E-state index is 13.8. The number of rotatable bonds is 7. The highest BCUT2D eigenvalue weighted by Gasteiger charge is 2.11. The van der Waals surface area contributed by atoms with Gasteiger partial charge in [-0.1, -0.05) is 31.2 Å². The van der Waals surface area contributed by atoms with Gasteiger partial charge in [0.2, 0.25) is 0 Å². The van der Waals surface area contributed by atoms with Gasteiger partial charge in [0.05, 0.1) is 6.04 Å². The zero-order chi connectivity index (χ0) is 21.4.